The van der Waals surface area contributed by atoms with Crippen LogP contribution in [0.2, 0.25) is 0 Å². The van der Waals surface area contributed by atoms with Crippen LogP contribution in [0.15, 0.2) is 24.3 Å². The zero-order valence-electron chi connectivity index (χ0n) is 12.5. The molecule has 2 aromatic rings. The number of nitrogens with zero attached hydrogens (tertiary/aromatic N) is 2. The van der Waals surface area contributed by atoms with Crippen molar-refractivity contribution in [1.82, 2.24) is 14.5 Å². The van der Waals surface area contributed by atoms with Crippen molar-refractivity contribution in [2.75, 3.05) is 13.1 Å². The molecule has 2 rings (SSSR count). The highest BCUT2D eigenvalue weighted by Gasteiger charge is 2.01. The molecule has 0 bridgehead atoms. The Balaban J connectivity index is 1.73. The molecule has 2 aromatic heterocycles. The van der Waals surface area contributed by atoms with Crippen molar-refractivity contribution in [3.63, 3.8) is 0 Å². The van der Waals surface area contributed by atoms with Gasteiger partial charge in [-0.15, -0.1) is 0 Å². The standard InChI is InChI=1S/C16H25N3/c1-13-5-6-14(2)18(13)11-9-17-10-12-19-15(3)7-8-16(19)4/h5-8,17H,9-12H2,1-4H3. The lowest BCUT2D eigenvalue weighted by Gasteiger charge is -2.12. The maximum Gasteiger partial charge on any atom is 0.0349 e. The van der Waals surface area contributed by atoms with E-state index in [1.54, 1.807) is 0 Å². The molecule has 1 N–H and O–H groups in total. The minimum Gasteiger partial charge on any atom is -0.348 e. The third-order valence-electron chi connectivity index (χ3n) is 3.86. The zero-order chi connectivity index (χ0) is 13.8. The van der Waals surface area contributed by atoms with E-state index < -0.39 is 0 Å². The molecule has 0 aliphatic heterocycles. The van der Waals surface area contributed by atoms with E-state index in [1.807, 2.05) is 0 Å². The predicted octanol–water partition coefficient (Wildman–Crippen LogP) is 2.81. The van der Waals surface area contributed by atoms with Gasteiger partial charge in [-0.1, -0.05) is 0 Å². The fourth-order valence-electron chi connectivity index (χ4n) is 2.61. The Bertz CT molecular complexity index is 447. The topological polar surface area (TPSA) is 21.9 Å². The van der Waals surface area contributed by atoms with E-state index in [9.17, 15) is 0 Å². The largest absolute Gasteiger partial charge is 0.348 e. The molecular weight excluding hydrogens is 234 g/mol. The lowest BCUT2D eigenvalue weighted by molar-refractivity contribution is 0.542. The molecule has 0 fully saturated rings. The maximum absolute atomic E-state index is 3.53. The molecule has 0 spiro atoms. The number of rotatable bonds is 6. The van der Waals surface area contributed by atoms with Gasteiger partial charge in [-0.3, -0.25) is 0 Å². The molecule has 0 amide bonds. The zero-order valence-corrected chi connectivity index (χ0v) is 12.5. The number of hydrogen-bond donors (Lipinski definition) is 1. The minimum atomic E-state index is 1.02. The van der Waals surface area contributed by atoms with Crippen molar-refractivity contribution in [3.05, 3.63) is 47.0 Å². The first kappa shape index (κ1) is 13.9. The normalized spacial score (nSPS) is 11.2. The fourth-order valence-corrected chi connectivity index (χ4v) is 2.61. The van der Waals surface area contributed by atoms with E-state index in [2.05, 4.69) is 66.4 Å². The van der Waals surface area contributed by atoms with Crippen molar-refractivity contribution in [2.24, 2.45) is 0 Å². The molecule has 3 nitrogen and oxygen atoms in total. The van der Waals surface area contributed by atoms with Gasteiger partial charge < -0.3 is 14.5 Å². The summed E-state index contributed by atoms with van der Waals surface area (Å²) in [6.45, 7) is 12.8. The summed E-state index contributed by atoms with van der Waals surface area (Å²) in [4.78, 5) is 0. The molecule has 3 heteroatoms. The summed E-state index contributed by atoms with van der Waals surface area (Å²) in [5.74, 6) is 0. The van der Waals surface area contributed by atoms with Crippen molar-refractivity contribution >= 4 is 0 Å². The smallest absolute Gasteiger partial charge is 0.0349 e. The minimum absolute atomic E-state index is 1.02. The fraction of sp³-hybridized carbons (Fsp3) is 0.500. The van der Waals surface area contributed by atoms with Crippen LogP contribution < -0.4 is 5.32 Å². The van der Waals surface area contributed by atoms with Gasteiger partial charge in [0, 0.05) is 49.0 Å². The van der Waals surface area contributed by atoms with Gasteiger partial charge in [-0.05, 0) is 52.0 Å². The highest BCUT2D eigenvalue weighted by molar-refractivity contribution is 5.14. The molecule has 0 atom stereocenters. The molecule has 19 heavy (non-hydrogen) atoms. The lowest BCUT2D eigenvalue weighted by Crippen LogP contribution is -2.25. The van der Waals surface area contributed by atoms with Crippen LogP contribution >= 0.6 is 0 Å². The first-order valence-corrected chi connectivity index (χ1v) is 7.06. The Morgan fingerprint density at radius 1 is 0.684 bits per heavy atom. The van der Waals surface area contributed by atoms with E-state index >= 15 is 0 Å². The quantitative estimate of drug-likeness (QED) is 0.792. The summed E-state index contributed by atoms with van der Waals surface area (Å²) in [6.07, 6.45) is 0. The van der Waals surface area contributed by atoms with Gasteiger partial charge >= 0.3 is 0 Å². The molecule has 0 unspecified atom stereocenters. The second kappa shape index (κ2) is 6.11. The van der Waals surface area contributed by atoms with E-state index in [0.29, 0.717) is 0 Å². The lowest BCUT2D eigenvalue weighted by atomic mass is 10.4. The average molecular weight is 259 g/mol. The van der Waals surface area contributed by atoms with Gasteiger partial charge in [0.2, 0.25) is 0 Å². The predicted molar refractivity (Wildman–Crippen MR) is 80.7 cm³/mol. The second-order valence-electron chi connectivity index (χ2n) is 5.29. The Hall–Kier alpha value is -1.48. The van der Waals surface area contributed by atoms with Crippen molar-refractivity contribution < 1.29 is 0 Å². The summed E-state index contributed by atoms with van der Waals surface area (Å²) < 4.78 is 4.72. The highest BCUT2D eigenvalue weighted by Crippen LogP contribution is 2.07. The molecule has 0 saturated carbocycles. The number of hydrogen-bond acceptors (Lipinski definition) is 1. The van der Waals surface area contributed by atoms with Gasteiger partial charge in [-0.25, -0.2) is 0 Å². The molecule has 104 valence electrons. The highest BCUT2D eigenvalue weighted by atomic mass is 15.0. The van der Waals surface area contributed by atoms with E-state index in [0.717, 1.165) is 26.2 Å². The summed E-state index contributed by atoms with van der Waals surface area (Å²) in [5, 5.41) is 3.53. The van der Waals surface area contributed by atoms with Crippen LogP contribution in [0, 0.1) is 27.7 Å². The SMILES string of the molecule is Cc1ccc(C)n1CCNCCn1c(C)ccc1C. The third kappa shape index (κ3) is 3.29. The first-order chi connectivity index (χ1) is 9.09. The Morgan fingerprint density at radius 2 is 1.00 bits per heavy atom. The molecule has 0 radical (unpaired) electrons. The van der Waals surface area contributed by atoms with Gasteiger partial charge in [-0.2, -0.15) is 0 Å². The van der Waals surface area contributed by atoms with E-state index in [4.69, 9.17) is 0 Å². The van der Waals surface area contributed by atoms with Gasteiger partial charge in [0.15, 0.2) is 0 Å². The van der Waals surface area contributed by atoms with Gasteiger partial charge in [0.25, 0.3) is 0 Å². The summed E-state index contributed by atoms with van der Waals surface area (Å²) in [5.41, 5.74) is 5.38. The summed E-state index contributed by atoms with van der Waals surface area (Å²) >= 11 is 0. The van der Waals surface area contributed by atoms with E-state index in [-0.39, 0.29) is 0 Å². The average Bonchev–Trinajstić information content (AvgIpc) is 2.86. The Kier molecular flexibility index (Phi) is 4.48. The Morgan fingerprint density at radius 3 is 1.32 bits per heavy atom. The Labute approximate surface area is 116 Å². The van der Waals surface area contributed by atoms with Crippen LogP contribution in [0.25, 0.3) is 0 Å². The third-order valence-corrected chi connectivity index (χ3v) is 3.86. The molecule has 0 aliphatic rings. The van der Waals surface area contributed by atoms with Crippen LogP contribution in [-0.2, 0) is 13.1 Å². The van der Waals surface area contributed by atoms with Crippen molar-refractivity contribution in [2.45, 2.75) is 40.8 Å². The molecule has 0 aromatic carbocycles. The van der Waals surface area contributed by atoms with Crippen LogP contribution in [0.3, 0.4) is 0 Å². The van der Waals surface area contributed by atoms with Crippen molar-refractivity contribution in [3.8, 4) is 0 Å². The molecule has 0 aliphatic carbocycles. The van der Waals surface area contributed by atoms with Crippen molar-refractivity contribution in [1.29, 1.82) is 0 Å². The van der Waals surface area contributed by atoms with Crippen LogP contribution in [0.1, 0.15) is 22.8 Å². The summed E-state index contributed by atoms with van der Waals surface area (Å²) in [6, 6.07) is 8.73. The molecular formula is C16H25N3. The van der Waals surface area contributed by atoms with Gasteiger partial charge in [0.05, 0.1) is 0 Å². The summed E-state index contributed by atoms with van der Waals surface area (Å²) in [7, 11) is 0. The first-order valence-electron chi connectivity index (χ1n) is 7.06. The van der Waals surface area contributed by atoms with Crippen LogP contribution in [0.4, 0.5) is 0 Å². The number of aromatic nitrogens is 2. The van der Waals surface area contributed by atoms with Gasteiger partial charge in [0.1, 0.15) is 0 Å². The molecule has 2 heterocycles. The number of aryl methyl sites for hydroxylation is 4. The van der Waals surface area contributed by atoms with Crippen LogP contribution in [-0.4, -0.2) is 22.2 Å². The molecule has 0 saturated heterocycles. The van der Waals surface area contributed by atoms with E-state index in [1.165, 1.54) is 22.8 Å². The maximum atomic E-state index is 3.53. The second-order valence-corrected chi connectivity index (χ2v) is 5.29. The number of nitrogens with one attached hydrogen (secondary N) is 1. The monoisotopic (exact) mass is 259 g/mol. The van der Waals surface area contributed by atoms with Crippen LogP contribution in [0.5, 0.6) is 0 Å².